The number of thiophene rings is 1. The van der Waals surface area contributed by atoms with Crippen molar-refractivity contribution in [2.75, 3.05) is 0 Å². The Labute approximate surface area is 129 Å². The van der Waals surface area contributed by atoms with Gasteiger partial charge in [-0.25, -0.2) is 0 Å². The lowest BCUT2D eigenvalue weighted by Gasteiger charge is -2.10. The van der Waals surface area contributed by atoms with Gasteiger partial charge in [0.1, 0.15) is 7.85 Å². The first-order chi connectivity index (χ1) is 10.2. The molecule has 0 amide bonds. The van der Waals surface area contributed by atoms with E-state index in [0.717, 1.165) is 5.46 Å². The molecule has 0 saturated carbocycles. The summed E-state index contributed by atoms with van der Waals surface area (Å²) in [7, 11) is 6.08. The summed E-state index contributed by atoms with van der Waals surface area (Å²) in [6.07, 6.45) is 0. The van der Waals surface area contributed by atoms with E-state index >= 15 is 0 Å². The van der Waals surface area contributed by atoms with Crippen LogP contribution in [0.4, 0.5) is 0 Å². The van der Waals surface area contributed by atoms with Crippen LogP contribution in [0.5, 0.6) is 0 Å². The van der Waals surface area contributed by atoms with Gasteiger partial charge < -0.3 is 0 Å². The fourth-order valence-electron chi connectivity index (χ4n) is 2.90. The molecule has 2 heteroatoms. The summed E-state index contributed by atoms with van der Waals surface area (Å²) >= 11 is 1.77. The van der Waals surface area contributed by atoms with E-state index in [4.69, 9.17) is 7.85 Å². The van der Waals surface area contributed by atoms with Crippen molar-refractivity contribution >= 4 is 46.2 Å². The van der Waals surface area contributed by atoms with Crippen LogP contribution in [-0.4, -0.2) is 7.85 Å². The summed E-state index contributed by atoms with van der Waals surface area (Å²) < 4.78 is 0. The second-order valence-corrected chi connectivity index (χ2v) is 6.57. The van der Waals surface area contributed by atoms with Gasteiger partial charge >= 0.3 is 0 Å². The van der Waals surface area contributed by atoms with Crippen molar-refractivity contribution in [3.8, 4) is 10.4 Å². The lowest BCUT2D eigenvalue weighted by Crippen LogP contribution is -1.99. The quantitative estimate of drug-likeness (QED) is 0.347. The average molecular weight is 284 g/mol. The molecule has 0 spiro atoms. The molecule has 0 N–H and O–H groups in total. The molecule has 4 rings (SSSR count). The molecule has 2 radical (unpaired) electrons. The maximum absolute atomic E-state index is 6.08. The molecule has 4 aromatic rings. The molecular formula is C19H13BS. The number of aryl methyl sites for hydroxylation is 1. The monoisotopic (exact) mass is 284 g/mol. The molecule has 3 aromatic carbocycles. The lowest BCUT2D eigenvalue weighted by atomic mass is 9.93. The third-order valence-electron chi connectivity index (χ3n) is 3.97. The summed E-state index contributed by atoms with van der Waals surface area (Å²) in [5, 5.41) is 5.13. The Morgan fingerprint density at radius 3 is 1.90 bits per heavy atom. The molecule has 21 heavy (non-hydrogen) atoms. The van der Waals surface area contributed by atoms with Gasteiger partial charge in [0, 0.05) is 10.4 Å². The molecule has 98 valence electrons. The second kappa shape index (κ2) is 4.75. The third kappa shape index (κ3) is 1.98. The zero-order valence-corrected chi connectivity index (χ0v) is 12.6. The van der Waals surface area contributed by atoms with Crippen LogP contribution in [0.2, 0.25) is 0 Å². The van der Waals surface area contributed by atoms with Crippen molar-refractivity contribution in [2.24, 2.45) is 0 Å². The summed E-state index contributed by atoms with van der Waals surface area (Å²) in [5.41, 5.74) is 2.18. The van der Waals surface area contributed by atoms with Gasteiger partial charge in [-0.05, 0) is 39.4 Å². The van der Waals surface area contributed by atoms with E-state index in [0.29, 0.717) is 0 Å². The van der Waals surface area contributed by atoms with Crippen molar-refractivity contribution in [3.63, 3.8) is 0 Å². The van der Waals surface area contributed by atoms with Gasteiger partial charge in [0.05, 0.1) is 0 Å². The largest absolute Gasteiger partial charge is 0.141 e. The topological polar surface area (TPSA) is 0 Å². The van der Waals surface area contributed by atoms with E-state index in [-0.39, 0.29) is 0 Å². The van der Waals surface area contributed by atoms with E-state index in [1.807, 2.05) is 0 Å². The van der Waals surface area contributed by atoms with Crippen molar-refractivity contribution in [2.45, 2.75) is 6.92 Å². The van der Waals surface area contributed by atoms with Gasteiger partial charge in [-0.1, -0.05) is 60.1 Å². The lowest BCUT2D eigenvalue weighted by molar-refractivity contribution is 1.69. The first-order valence-corrected chi connectivity index (χ1v) is 7.82. The maximum atomic E-state index is 6.08. The molecule has 0 nitrogen and oxygen atoms in total. The van der Waals surface area contributed by atoms with Gasteiger partial charge in [0.25, 0.3) is 0 Å². The van der Waals surface area contributed by atoms with Crippen LogP contribution in [0.3, 0.4) is 0 Å². The third-order valence-corrected chi connectivity index (χ3v) is 5.06. The van der Waals surface area contributed by atoms with E-state index in [1.165, 1.54) is 36.9 Å². The Morgan fingerprint density at radius 1 is 0.810 bits per heavy atom. The van der Waals surface area contributed by atoms with Crippen LogP contribution in [0.25, 0.3) is 32.0 Å². The van der Waals surface area contributed by atoms with Crippen LogP contribution in [-0.2, 0) is 0 Å². The minimum atomic E-state index is 0.881. The smallest absolute Gasteiger partial charge is 0.115 e. The second-order valence-electron chi connectivity index (χ2n) is 5.32. The van der Waals surface area contributed by atoms with Crippen molar-refractivity contribution in [1.82, 2.24) is 0 Å². The minimum absolute atomic E-state index is 0.881. The van der Waals surface area contributed by atoms with E-state index in [1.54, 1.807) is 11.3 Å². The van der Waals surface area contributed by atoms with Crippen molar-refractivity contribution in [3.05, 3.63) is 65.5 Å². The van der Waals surface area contributed by atoms with Crippen LogP contribution >= 0.6 is 11.3 Å². The maximum Gasteiger partial charge on any atom is 0.115 e. The van der Waals surface area contributed by atoms with E-state index < -0.39 is 0 Å². The number of hydrogen-bond donors (Lipinski definition) is 0. The molecule has 0 fully saturated rings. The Bertz CT molecular complexity index is 892. The van der Waals surface area contributed by atoms with Crippen LogP contribution < -0.4 is 5.46 Å². The molecular weight excluding hydrogens is 271 g/mol. The Kier molecular flexibility index (Phi) is 2.86. The molecule has 0 saturated heterocycles. The Balaban J connectivity index is 2.21. The first kappa shape index (κ1) is 12.7. The average Bonchev–Trinajstić information content (AvgIpc) is 2.83. The standard InChI is InChI=1S/C19H13BS/c1-12-17(20)11-18(21-12)19-15-8-4-2-6-13(15)10-14-7-3-5-9-16(14)19/h2-11H,1H3. The molecule has 0 bridgehead atoms. The molecule has 0 aliphatic heterocycles. The summed E-state index contributed by atoms with van der Waals surface area (Å²) in [5.74, 6) is 0. The number of fused-ring (bicyclic) bond motifs is 2. The van der Waals surface area contributed by atoms with Gasteiger partial charge in [-0.3, -0.25) is 0 Å². The zero-order valence-electron chi connectivity index (χ0n) is 11.8. The zero-order chi connectivity index (χ0) is 14.4. The van der Waals surface area contributed by atoms with Gasteiger partial charge in [-0.2, -0.15) is 0 Å². The fraction of sp³-hybridized carbons (Fsp3) is 0.0526. The number of benzene rings is 3. The van der Waals surface area contributed by atoms with Crippen LogP contribution in [0, 0.1) is 6.92 Å². The molecule has 1 aromatic heterocycles. The SMILES string of the molecule is [B]c1cc(-c2c3ccccc3cc3ccccc23)sc1C. The molecule has 0 unspecified atom stereocenters. The molecule has 0 aliphatic carbocycles. The molecule has 1 heterocycles. The summed E-state index contributed by atoms with van der Waals surface area (Å²) in [6.45, 7) is 2.08. The summed E-state index contributed by atoms with van der Waals surface area (Å²) in [4.78, 5) is 2.43. The molecule has 0 aliphatic rings. The predicted octanol–water partition coefficient (Wildman–Crippen LogP) is 4.82. The van der Waals surface area contributed by atoms with Gasteiger partial charge in [0.15, 0.2) is 0 Å². The highest BCUT2D eigenvalue weighted by atomic mass is 32.1. The van der Waals surface area contributed by atoms with E-state index in [2.05, 4.69) is 67.6 Å². The van der Waals surface area contributed by atoms with Crippen molar-refractivity contribution < 1.29 is 0 Å². The van der Waals surface area contributed by atoms with Crippen LogP contribution in [0.15, 0.2) is 60.7 Å². The highest BCUT2D eigenvalue weighted by Crippen LogP contribution is 2.38. The summed E-state index contributed by atoms with van der Waals surface area (Å²) in [6, 6.07) is 21.5. The number of rotatable bonds is 1. The van der Waals surface area contributed by atoms with Crippen LogP contribution in [0.1, 0.15) is 4.88 Å². The van der Waals surface area contributed by atoms with Crippen molar-refractivity contribution in [1.29, 1.82) is 0 Å². The predicted molar refractivity (Wildman–Crippen MR) is 94.9 cm³/mol. The van der Waals surface area contributed by atoms with Gasteiger partial charge in [0.2, 0.25) is 0 Å². The highest BCUT2D eigenvalue weighted by Gasteiger charge is 2.12. The first-order valence-electron chi connectivity index (χ1n) is 7.01. The fourth-order valence-corrected chi connectivity index (χ4v) is 3.91. The number of hydrogen-bond acceptors (Lipinski definition) is 1. The highest BCUT2D eigenvalue weighted by molar-refractivity contribution is 7.16. The Morgan fingerprint density at radius 2 is 1.38 bits per heavy atom. The Hall–Kier alpha value is -2.06. The molecule has 0 atom stereocenters. The van der Waals surface area contributed by atoms with E-state index in [9.17, 15) is 0 Å². The minimum Gasteiger partial charge on any atom is -0.141 e. The van der Waals surface area contributed by atoms with Gasteiger partial charge in [-0.15, -0.1) is 11.3 Å². The normalized spacial score (nSPS) is 11.3.